The third-order valence-corrected chi connectivity index (χ3v) is 5.83. The Morgan fingerprint density at radius 1 is 1.27 bits per heavy atom. The Kier molecular flexibility index (Phi) is 6.76. The fourth-order valence-corrected chi connectivity index (χ4v) is 4.49. The van der Waals surface area contributed by atoms with E-state index in [1.165, 1.54) is 0 Å². The average molecular weight is 364 g/mol. The molecule has 5 heteroatoms. The molecule has 0 aliphatic carbocycles. The zero-order valence-electron chi connectivity index (χ0n) is 15.7. The summed E-state index contributed by atoms with van der Waals surface area (Å²) in [4.78, 5) is 10.6. The number of aliphatic hydroxyl groups is 1. The fraction of sp³-hybridized carbons (Fsp3) is 0.762. The molecule has 3 heterocycles. The Morgan fingerprint density at radius 2 is 2.12 bits per heavy atom. The van der Waals surface area contributed by atoms with Gasteiger partial charge in [-0.2, -0.15) is 0 Å². The molecule has 0 saturated carbocycles. The molecule has 146 valence electrons. The van der Waals surface area contributed by atoms with Crippen molar-refractivity contribution in [3.8, 4) is 0 Å². The molecule has 0 amide bonds. The number of rotatable bonds is 11. The molecule has 0 spiro atoms. The quantitative estimate of drug-likeness (QED) is 0.431. The Labute approximate surface area is 156 Å². The van der Waals surface area contributed by atoms with Gasteiger partial charge in [0.15, 0.2) is 0 Å². The van der Waals surface area contributed by atoms with Crippen molar-refractivity contribution < 1.29 is 24.5 Å². The second kappa shape index (κ2) is 9.05. The first-order chi connectivity index (χ1) is 12.6. The maximum Gasteiger partial charge on any atom is 0.303 e. The maximum absolute atomic E-state index is 10.6. The lowest BCUT2D eigenvalue weighted by molar-refractivity contribution is -0.137. The molecular formula is C21H32O5. The lowest BCUT2D eigenvalue weighted by Crippen LogP contribution is -2.28. The van der Waals surface area contributed by atoms with Gasteiger partial charge in [-0.15, -0.1) is 0 Å². The summed E-state index contributed by atoms with van der Waals surface area (Å²) in [7, 11) is 0. The van der Waals surface area contributed by atoms with Gasteiger partial charge in [0.25, 0.3) is 0 Å². The molecule has 2 N–H and O–H groups in total. The van der Waals surface area contributed by atoms with Crippen molar-refractivity contribution in [2.75, 3.05) is 0 Å². The van der Waals surface area contributed by atoms with E-state index in [4.69, 9.17) is 14.6 Å². The highest BCUT2D eigenvalue weighted by atomic mass is 16.6. The van der Waals surface area contributed by atoms with Crippen LogP contribution in [0.25, 0.3) is 0 Å². The van der Waals surface area contributed by atoms with Gasteiger partial charge >= 0.3 is 5.97 Å². The minimum atomic E-state index is -0.734. The highest BCUT2D eigenvalue weighted by Gasteiger charge is 2.60. The van der Waals surface area contributed by atoms with E-state index in [-0.39, 0.29) is 42.7 Å². The molecule has 5 nitrogen and oxygen atoms in total. The average Bonchev–Trinajstić information content (AvgIpc) is 3.21. The van der Waals surface area contributed by atoms with Crippen LogP contribution in [0.1, 0.15) is 64.7 Å². The van der Waals surface area contributed by atoms with E-state index in [1.807, 2.05) is 6.08 Å². The zero-order chi connectivity index (χ0) is 18.5. The molecular weight excluding hydrogens is 332 g/mol. The molecule has 2 bridgehead atoms. The minimum Gasteiger partial charge on any atom is -0.492 e. The standard InChI is InChI=1S/C21H32O5/c1-2-3-5-8-14(22)11-12-15-17-13-18-21(26-17)20(15)16(25-18)9-6-4-7-10-19(23)24/h9,11-12,14-15,17-18,20-22H,2-8,10,13H2,1H3,(H,23,24)/t14-,15-,17-,18-,20-,21+/m1/s1. The summed E-state index contributed by atoms with van der Waals surface area (Å²) >= 11 is 0. The molecule has 26 heavy (non-hydrogen) atoms. The third-order valence-electron chi connectivity index (χ3n) is 5.83. The number of carboxylic acid groups (broad SMARTS) is 1. The van der Waals surface area contributed by atoms with Crippen molar-refractivity contribution in [1.82, 2.24) is 0 Å². The maximum atomic E-state index is 10.6. The first kappa shape index (κ1) is 19.4. The van der Waals surface area contributed by atoms with Gasteiger partial charge in [-0.05, 0) is 31.8 Å². The van der Waals surface area contributed by atoms with Crippen molar-refractivity contribution in [2.45, 2.75) is 89.1 Å². The van der Waals surface area contributed by atoms with Crippen molar-refractivity contribution in [2.24, 2.45) is 11.8 Å². The van der Waals surface area contributed by atoms with Gasteiger partial charge in [-0.3, -0.25) is 4.79 Å². The first-order valence-corrected chi connectivity index (χ1v) is 10.2. The van der Waals surface area contributed by atoms with Crippen molar-refractivity contribution >= 4 is 5.97 Å². The summed E-state index contributed by atoms with van der Waals surface area (Å²) in [6.07, 6.45) is 14.2. The van der Waals surface area contributed by atoms with Gasteiger partial charge < -0.3 is 19.7 Å². The molecule has 3 aliphatic heterocycles. The number of carboxylic acids is 1. The van der Waals surface area contributed by atoms with E-state index in [0.29, 0.717) is 6.42 Å². The third kappa shape index (κ3) is 4.49. The van der Waals surface area contributed by atoms with Crippen molar-refractivity contribution in [3.63, 3.8) is 0 Å². The van der Waals surface area contributed by atoms with Gasteiger partial charge in [-0.1, -0.05) is 38.3 Å². The van der Waals surface area contributed by atoms with Crippen molar-refractivity contribution in [3.05, 3.63) is 24.0 Å². The van der Waals surface area contributed by atoms with Crippen LogP contribution in [-0.4, -0.2) is 40.6 Å². The molecule has 3 saturated heterocycles. The molecule has 0 aromatic carbocycles. The van der Waals surface area contributed by atoms with E-state index in [9.17, 15) is 9.90 Å². The summed E-state index contributed by atoms with van der Waals surface area (Å²) in [6.45, 7) is 2.17. The van der Waals surface area contributed by atoms with E-state index >= 15 is 0 Å². The summed E-state index contributed by atoms with van der Waals surface area (Å²) in [5.41, 5.74) is 0. The normalized spacial score (nSPS) is 34.7. The molecule has 3 fully saturated rings. The molecule has 6 atom stereocenters. The summed E-state index contributed by atoms with van der Waals surface area (Å²) in [5.74, 6) is 0.829. The molecule has 3 aliphatic rings. The number of hydrogen-bond acceptors (Lipinski definition) is 4. The topological polar surface area (TPSA) is 76.0 Å². The van der Waals surface area contributed by atoms with Crippen LogP contribution in [0.2, 0.25) is 0 Å². The monoisotopic (exact) mass is 364 g/mol. The number of carbonyl (C=O) groups is 1. The Bertz CT molecular complexity index is 539. The van der Waals surface area contributed by atoms with Gasteiger partial charge in [0.1, 0.15) is 12.2 Å². The number of aliphatic carboxylic acids is 1. The van der Waals surface area contributed by atoms with Crippen LogP contribution in [0.5, 0.6) is 0 Å². The molecule has 0 unspecified atom stereocenters. The highest BCUT2D eigenvalue weighted by Crippen LogP contribution is 2.54. The highest BCUT2D eigenvalue weighted by molar-refractivity contribution is 5.66. The van der Waals surface area contributed by atoms with Crippen LogP contribution in [0.15, 0.2) is 24.0 Å². The SMILES string of the molecule is CCCCC[C@@H](O)C=C[C@H]1[C@@H]2C(=CCCCCC(=O)O)O[C@@H]3C[C@H]1O[C@H]23. The van der Waals surface area contributed by atoms with Crippen LogP contribution in [-0.2, 0) is 14.3 Å². The Balaban J connectivity index is 1.54. The lowest BCUT2D eigenvalue weighted by Gasteiger charge is -2.19. The number of unbranched alkanes of at least 4 members (excludes halogenated alkanes) is 4. The first-order valence-electron chi connectivity index (χ1n) is 10.2. The second-order valence-corrected chi connectivity index (χ2v) is 7.83. The van der Waals surface area contributed by atoms with Crippen LogP contribution >= 0.6 is 0 Å². The van der Waals surface area contributed by atoms with Gasteiger partial charge in [0, 0.05) is 18.8 Å². The molecule has 3 rings (SSSR count). The smallest absolute Gasteiger partial charge is 0.303 e. The van der Waals surface area contributed by atoms with Gasteiger partial charge in [0.05, 0.1) is 23.9 Å². The van der Waals surface area contributed by atoms with E-state index in [0.717, 1.165) is 50.7 Å². The zero-order valence-corrected chi connectivity index (χ0v) is 15.7. The second-order valence-electron chi connectivity index (χ2n) is 7.83. The number of fused-ring (bicyclic) bond motifs is 1. The fourth-order valence-electron chi connectivity index (χ4n) is 4.49. The summed E-state index contributed by atoms with van der Waals surface area (Å²) in [5, 5.41) is 18.9. The van der Waals surface area contributed by atoms with Gasteiger partial charge in [0.2, 0.25) is 0 Å². The van der Waals surface area contributed by atoms with E-state index < -0.39 is 5.97 Å². The van der Waals surface area contributed by atoms with E-state index in [2.05, 4.69) is 19.1 Å². The van der Waals surface area contributed by atoms with Crippen LogP contribution in [0.3, 0.4) is 0 Å². The molecule has 0 radical (unpaired) electrons. The largest absolute Gasteiger partial charge is 0.492 e. The summed E-state index contributed by atoms with van der Waals surface area (Å²) < 4.78 is 12.2. The number of aliphatic hydroxyl groups excluding tert-OH is 1. The number of hydrogen-bond donors (Lipinski definition) is 2. The van der Waals surface area contributed by atoms with Crippen LogP contribution in [0, 0.1) is 11.8 Å². The number of allylic oxidation sites excluding steroid dienone is 1. The number of ether oxygens (including phenoxy) is 2. The predicted octanol–water partition coefficient (Wildman–Crippen LogP) is 3.82. The van der Waals surface area contributed by atoms with E-state index in [1.54, 1.807) is 0 Å². The molecule has 0 aromatic heterocycles. The minimum absolute atomic E-state index is 0.150. The molecule has 0 aromatic rings. The van der Waals surface area contributed by atoms with Crippen molar-refractivity contribution in [1.29, 1.82) is 0 Å². The van der Waals surface area contributed by atoms with Gasteiger partial charge in [-0.25, -0.2) is 0 Å². The summed E-state index contributed by atoms with van der Waals surface area (Å²) in [6, 6.07) is 0. The van der Waals surface area contributed by atoms with Crippen LogP contribution < -0.4 is 0 Å². The predicted molar refractivity (Wildman–Crippen MR) is 98.6 cm³/mol. The Hall–Kier alpha value is -1.33. The lowest BCUT2D eigenvalue weighted by atomic mass is 9.78. The van der Waals surface area contributed by atoms with Crippen LogP contribution in [0.4, 0.5) is 0 Å². The Morgan fingerprint density at radius 3 is 2.88 bits per heavy atom.